The third-order valence-corrected chi connectivity index (χ3v) is 4.43. The van der Waals surface area contributed by atoms with Crippen molar-refractivity contribution >= 4 is 17.7 Å². The molecule has 8 nitrogen and oxygen atoms in total. The molecule has 1 aliphatic rings. The lowest BCUT2D eigenvalue weighted by Crippen LogP contribution is -2.54. The molecule has 1 aromatic rings. The molecule has 2 atom stereocenters. The van der Waals surface area contributed by atoms with Crippen molar-refractivity contribution in [1.29, 1.82) is 0 Å². The van der Waals surface area contributed by atoms with Crippen molar-refractivity contribution in [3.63, 3.8) is 0 Å². The van der Waals surface area contributed by atoms with Crippen LogP contribution in [0.3, 0.4) is 0 Å². The molecule has 0 aliphatic carbocycles. The van der Waals surface area contributed by atoms with Crippen molar-refractivity contribution in [1.82, 2.24) is 4.90 Å². The third-order valence-electron chi connectivity index (χ3n) is 4.43. The topological polar surface area (TPSA) is 110 Å². The number of rotatable bonds is 4. The lowest BCUT2D eigenvalue weighted by atomic mass is 9.80. The monoisotopic (exact) mass is 348 g/mol. The number of likely N-dealkylation sites (tertiary alicyclic amines) is 1. The van der Waals surface area contributed by atoms with E-state index in [2.05, 4.69) is 6.58 Å². The molecular formula is C17H20N2O6. The summed E-state index contributed by atoms with van der Waals surface area (Å²) in [6.07, 6.45) is -1.28. The van der Waals surface area contributed by atoms with Crippen LogP contribution in [0.15, 0.2) is 36.4 Å². The molecule has 1 fully saturated rings. The van der Waals surface area contributed by atoms with Gasteiger partial charge in [-0.1, -0.05) is 18.7 Å². The minimum Gasteiger partial charge on any atom is -0.465 e. The van der Waals surface area contributed by atoms with Crippen LogP contribution in [0.25, 0.3) is 0 Å². The van der Waals surface area contributed by atoms with E-state index in [4.69, 9.17) is 4.74 Å². The quantitative estimate of drug-likeness (QED) is 0.387. The Hall–Kier alpha value is -2.90. The van der Waals surface area contributed by atoms with Crippen LogP contribution >= 0.6 is 0 Å². The maximum Gasteiger partial charge on any atom is 0.408 e. The van der Waals surface area contributed by atoms with E-state index in [1.54, 1.807) is 13.0 Å². The zero-order chi connectivity index (χ0) is 18.8. The first kappa shape index (κ1) is 18.4. The van der Waals surface area contributed by atoms with Gasteiger partial charge in [0.25, 0.3) is 5.69 Å². The Labute approximate surface area is 144 Å². The van der Waals surface area contributed by atoms with E-state index in [0.717, 1.165) is 0 Å². The number of carbonyl (C=O) groups is 2. The highest BCUT2D eigenvalue weighted by Crippen LogP contribution is 2.42. The van der Waals surface area contributed by atoms with Crippen molar-refractivity contribution < 1.29 is 24.4 Å². The van der Waals surface area contributed by atoms with Gasteiger partial charge in [0.05, 0.1) is 16.0 Å². The molecule has 2 rings (SSSR count). The number of nitro benzene ring substituents is 1. The molecule has 1 aromatic carbocycles. The van der Waals surface area contributed by atoms with E-state index in [1.165, 1.54) is 30.0 Å². The minimum absolute atomic E-state index is 0.103. The number of hydrogen-bond acceptors (Lipinski definition) is 5. The van der Waals surface area contributed by atoms with Crippen LogP contribution in [0, 0.1) is 10.1 Å². The van der Waals surface area contributed by atoms with Crippen molar-refractivity contribution in [2.45, 2.75) is 38.3 Å². The maximum atomic E-state index is 11.8. The summed E-state index contributed by atoms with van der Waals surface area (Å²) in [5.74, 6) is -0.557. The Morgan fingerprint density at radius 2 is 2.08 bits per heavy atom. The second-order valence-corrected chi connectivity index (χ2v) is 6.28. The molecule has 25 heavy (non-hydrogen) atoms. The zero-order valence-corrected chi connectivity index (χ0v) is 14.1. The number of ether oxygens (including phenoxy) is 1. The molecule has 0 aromatic heterocycles. The summed E-state index contributed by atoms with van der Waals surface area (Å²) in [7, 11) is 0. The van der Waals surface area contributed by atoms with Crippen LogP contribution < -0.4 is 0 Å². The van der Waals surface area contributed by atoms with Gasteiger partial charge in [0.15, 0.2) is 0 Å². The molecule has 0 saturated carbocycles. The Morgan fingerprint density at radius 3 is 2.64 bits per heavy atom. The summed E-state index contributed by atoms with van der Waals surface area (Å²) in [6.45, 7) is 6.77. The number of carbonyl (C=O) groups excluding carboxylic acids is 1. The largest absolute Gasteiger partial charge is 0.465 e. The van der Waals surface area contributed by atoms with Gasteiger partial charge in [-0.25, -0.2) is 9.59 Å². The van der Waals surface area contributed by atoms with Crippen LogP contribution in [0.2, 0.25) is 0 Å². The van der Waals surface area contributed by atoms with E-state index in [9.17, 15) is 24.8 Å². The smallest absolute Gasteiger partial charge is 0.408 e. The molecule has 0 spiro atoms. The standard InChI is InChI=1S/C17H20N2O6/c1-11(2)15(20)25-12-8-9-18(16(21)22)17(3,10-12)13-6-4-5-7-14(13)19(23)24/h4-7,12H,1,8-10H2,2-3H3,(H,21,22). The predicted molar refractivity (Wildman–Crippen MR) is 89.1 cm³/mol. The van der Waals surface area contributed by atoms with Gasteiger partial charge < -0.3 is 9.84 Å². The first-order chi connectivity index (χ1) is 11.7. The molecule has 0 radical (unpaired) electrons. The highest BCUT2D eigenvalue weighted by atomic mass is 16.6. The van der Waals surface area contributed by atoms with Gasteiger partial charge in [-0.2, -0.15) is 0 Å². The SMILES string of the molecule is C=C(C)C(=O)OC1CCN(C(=O)O)C(C)(c2ccccc2[N+](=O)[O-])C1. The van der Waals surface area contributed by atoms with E-state index in [1.807, 2.05) is 0 Å². The van der Waals surface area contributed by atoms with Crippen LogP contribution in [0.4, 0.5) is 10.5 Å². The first-order valence-corrected chi connectivity index (χ1v) is 7.77. The molecule has 8 heteroatoms. The van der Waals surface area contributed by atoms with Crippen LogP contribution in [0.1, 0.15) is 32.3 Å². The highest BCUT2D eigenvalue weighted by Gasteiger charge is 2.46. The summed E-state index contributed by atoms with van der Waals surface area (Å²) in [4.78, 5) is 35.5. The Balaban J connectivity index is 2.44. The summed E-state index contributed by atoms with van der Waals surface area (Å²) >= 11 is 0. The van der Waals surface area contributed by atoms with Crippen LogP contribution in [0.5, 0.6) is 0 Å². The van der Waals surface area contributed by atoms with Crippen molar-refractivity contribution in [3.8, 4) is 0 Å². The fourth-order valence-electron chi connectivity index (χ4n) is 3.18. The molecule has 1 aliphatic heterocycles. The summed E-state index contributed by atoms with van der Waals surface area (Å²) < 4.78 is 5.37. The number of nitro groups is 1. The van der Waals surface area contributed by atoms with Crippen molar-refractivity contribution in [3.05, 3.63) is 52.1 Å². The summed E-state index contributed by atoms with van der Waals surface area (Å²) in [5.41, 5.74) is -0.831. The number of piperidine rings is 1. The van der Waals surface area contributed by atoms with Crippen LogP contribution in [-0.4, -0.2) is 39.6 Å². The van der Waals surface area contributed by atoms with Gasteiger partial charge in [0.2, 0.25) is 0 Å². The number of para-hydroxylation sites is 1. The average molecular weight is 348 g/mol. The molecule has 1 heterocycles. The first-order valence-electron chi connectivity index (χ1n) is 7.77. The Morgan fingerprint density at radius 1 is 1.44 bits per heavy atom. The number of nitrogens with zero attached hydrogens (tertiary/aromatic N) is 2. The Kier molecular flexibility index (Phi) is 5.10. The fraction of sp³-hybridized carbons (Fsp3) is 0.412. The number of amides is 1. The normalized spacial score (nSPS) is 23.0. The lowest BCUT2D eigenvalue weighted by molar-refractivity contribution is -0.386. The second-order valence-electron chi connectivity index (χ2n) is 6.28. The average Bonchev–Trinajstić information content (AvgIpc) is 2.54. The number of carboxylic acid groups (broad SMARTS) is 1. The third kappa shape index (κ3) is 3.62. The molecule has 1 saturated heterocycles. The molecular weight excluding hydrogens is 328 g/mol. The number of esters is 1. The molecule has 134 valence electrons. The lowest BCUT2D eigenvalue weighted by Gasteiger charge is -2.45. The number of hydrogen-bond donors (Lipinski definition) is 1. The summed E-state index contributed by atoms with van der Waals surface area (Å²) in [6, 6.07) is 6.02. The molecule has 0 bridgehead atoms. The maximum absolute atomic E-state index is 11.8. The fourth-order valence-corrected chi connectivity index (χ4v) is 3.18. The molecule has 1 N–H and O–H groups in total. The zero-order valence-electron chi connectivity index (χ0n) is 14.1. The van der Waals surface area contributed by atoms with Crippen molar-refractivity contribution in [2.75, 3.05) is 6.54 Å². The van der Waals surface area contributed by atoms with Gasteiger partial charge in [-0.15, -0.1) is 0 Å². The van der Waals surface area contributed by atoms with E-state index < -0.39 is 28.6 Å². The van der Waals surface area contributed by atoms with Crippen LogP contribution in [-0.2, 0) is 15.1 Å². The van der Waals surface area contributed by atoms with E-state index in [0.29, 0.717) is 6.42 Å². The highest BCUT2D eigenvalue weighted by molar-refractivity contribution is 5.87. The van der Waals surface area contributed by atoms with Crippen molar-refractivity contribution in [2.24, 2.45) is 0 Å². The second kappa shape index (κ2) is 6.92. The van der Waals surface area contributed by atoms with Gasteiger partial charge in [-0.05, 0) is 19.9 Å². The van der Waals surface area contributed by atoms with Gasteiger partial charge in [0.1, 0.15) is 6.10 Å². The van der Waals surface area contributed by atoms with E-state index >= 15 is 0 Å². The molecule has 1 amide bonds. The Bertz CT molecular complexity index is 732. The minimum atomic E-state index is -1.19. The van der Waals surface area contributed by atoms with Gasteiger partial charge in [0, 0.05) is 31.0 Å². The summed E-state index contributed by atoms with van der Waals surface area (Å²) in [5, 5.41) is 20.9. The predicted octanol–water partition coefficient (Wildman–Crippen LogP) is 3.07. The van der Waals surface area contributed by atoms with Gasteiger partial charge in [-0.3, -0.25) is 15.0 Å². The van der Waals surface area contributed by atoms with E-state index in [-0.39, 0.29) is 29.8 Å². The van der Waals surface area contributed by atoms with Gasteiger partial charge >= 0.3 is 12.1 Å². The molecule has 2 unspecified atom stereocenters. The number of benzene rings is 1.